The molecular formula is C11H10N4. The van der Waals surface area contributed by atoms with Crippen molar-refractivity contribution in [3.8, 4) is 0 Å². The van der Waals surface area contributed by atoms with Crippen molar-refractivity contribution in [1.29, 1.82) is 0 Å². The molecule has 0 amide bonds. The Morgan fingerprint density at radius 3 is 2.80 bits per heavy atom. The van der Waals surface area contributed by atoms with Gasteiger partial charge in [0, 0.05) is 18.6 Å². The van der Waals surface area contributed by atoms with Gasteiger partial charge in [-0.05, 0) is 24.3 Å². The fourth-order valence-corrected chi connectivity index (χ4v) is 1.65. The number of nitrogens with one attached hydrogen (secondary N) is 1. The van der Waals surface area contributed by atoms with Crippen LogP contribution in [0.4, 0.5) is 5.69 Å². The van der Waals surface area contributed by atoms with Crippen molar-refractivity contribution in [2.45, 2.75) is 0 Å². The molecule has 0 atom stereocenters. The van der Waals surface area contributed by atoms with E-state index in [-0.39, 0.29) is 0 Å². The van der Waals surface area contributed by atoms with Gasteiger partial charge in [0.15, 0.2) is 0 Å². The average molecular weight is 198 g/mol. The second-order valence-electron chi connectivity index (χ2n) is 3.37. The number of hydrazine groups is 1. The van der Waals surface area contributed by atoms with Gasteiger partial charge in [0.25, 0.3) is 0 Å². The molecular weight excluding hydrogens is 188 g/mol. The molecule has 0 spiro atoms. The number of benzene rings is 1. The van der Waals surface area contributed by atoms with Crippen LogP contribution in [-0.4, -0.2) is 16.5 Å². The van der Waals surface area contributed by atoms with Crippen LogP contribution in [0.15, 0.2) is 42.9 Å². The van der Waals surface area contributed by atoms with Crippen molar-refractivity contribution in [2.75, 3.05) is 11.6 Å². The zero-order valence-corrected chi connectivity index (χ0v) is 8.09. The lowest BCUT2D eigenvalue weighted by Crippen LogP contribution is -2.29. The number of fused-ring (bicyclic) bond motifs is 1. The standard InChI is InChI=1S/C11H10N4/c1-4-14-15(7-1)9-2-3-10-11(8-9)13-6-5-12-10/h1-6,8,14H,7H2. The van der Waals surface area contributed by atoms with E-state index in [1.807, 2.05) is 29.4 Å². The molecule has 4 nitrogen and oxygen atoms in total. The van der Waals surface area contributed by atoms with Gasteiger partial charge in [-0.2, -0.15) is 0 Å². The third-order valence-corrected chi connectivity index (χ3v) is 2.40. The minimum atomic E-state index is 0.881. The van der Waals surface area contributed by atoms with Gasteiger partial charge < -0.3 is 5.43 Å². The molecule has 1 aliphatic rings. The summed E-state index contributed by atoms with van der Waals surface area (Å²) in [5, 5.41) is 2.05. The van der Waals surface area contributed by atoms with E-state index in [1.54, 1.807) is 12.4 Å². The van der Waals surface area contributed by atoms with Crippen molar-refractivity contribution >= 4 is 16.7 Å². The van der Waals surface area contributed by atoms with Crippen molar-refractivity contribution in [3.63, 3.8) is 0 Å². The van der Waals surface area contributed by atoms with Gasteiger partial charge >= 0.3 is 0 Å². The van der Waals surface area contributed by atoms with Gasteiger partial charge in [-0.25, -0.2) is 0 Å². The molecule has 2 heterocycles. The third-order valence-electron chi connectivity index (χ3n) is 2.40. The summed E-state index contributed by atoms with van der Waals surface area (Å²) in [7, 11) is 0. The van der Waals surface area contributed by atoms with E-state index in [9.17, 15) is 0 Å². The first-order valence-electron chi connectivity index (χ1n) is 4.83. The summed E-state index contributed by atoms with van der Waals surface area (Å²) in [6, 6.07) is 6.05. The molecule has 74 valence electrons. The summed E-state index contributed by atoms with van der Waals surface area (Å²) < 4.78 is 0. The Labute approximate surface area is 87.2 Å². The molecule has 0 saturated carbocycles. The van der Waals surface area contributed by atoms with Crippen LogP contribution in [0.3, 0.4) is 0 Å². The van der Waals surface area contributed by atoms with Crippen molar-refractivity contribution < 1.29 is 0 Å². The predicted octanol–water partition coefficient (Wildman–Crippen LogP) is 1.47. The number of nitrogens with zero attached hydrogens (tertiary/aromatic N) is 3. The normalized spacial score (nSPS) is 14.5. The zero-order valence-electron chi connectivity index (χ0n) is 8.09. The van der Waals surface area contributed by atoms with Gasteiger partial charge in [-0.15, -0.1) is 0 Å². The Morgan fingerprint density at radius 2 is 2.00 bits per heavy atom. The molecule has 3 rings (SSSR count). The van der Waals surface area contributed by atoms with Gasteiger partial charge in [-0.3, -0.25) is 15.0 Å². The van der Waals surface area contributed by atoms with Gasteiger partial charge in [-0.1, -0.05) is 0 Å². The Bertz CT molecular complexity index is 513. The van der Waals surface area contributed by atoms with Crippen molar-refractivity contribution in [1.82, 2.24) is 15.4 Å². The summed E-state index contributed by atoms with van der Waals surface area (Å²) >= 11 is 0. The van der Waals surface area contributed by atoms with E-state index in [0.29, 0.717) is 0 Å². The fraction of sp³-hybridized carbons (Fsp3) is 0.0909. The van der Waals surface area contributed by atoms with Crippen molar-refractivity contribution in [3.05, 3.63) is 42.9 Å². The molecule has 0 radical (unpaired) electrons. The molecule has 0 aliphatic carbocycles. The molecule has 2 aromatic rings. The molecule has 1 aromatic heterocycles. The lowest BCUT2D eigenvalue weighted by molar-refractivity contribution is 0.841. The lowest BCUT2D eigenvalue weighted by Gasteiger charge is -2.18. The maximum atomic E-state index is 4.28. The summed E-state index contributed by atoms with van der Waals surface area (Å²) in [4.78, 5) is 8.51. The van der Waals surface area contributed by atoms with Gasteiger partial charge in [0.2, 0.25) is 0 Å². The first-order chi connectivity index (χ1) is 7.43. The number of hydrogen-bond acceptors (Lipinski definition) is 4. The Morgan fingerprint density at radius 1 is 1.13 bits per heavy atom. The molecule has 0 fully saturated rings. The number of aromatic nitrogens is 2. The fourth-order valence-electron chi connectivity index (χ4n) is 1.65. The van der Waals surface area contributed by atoms with E-state index >= 15 is 0 Å². The SMILES string of the molecule is C1=CNN(c2ccc3nccnc3c2)C1. The minimum absolute atomic E-state index is 0.881. The summed E-state index contributed by atoms with van der Waals surface area (Å²) in [6.45, 7) is 0.881. The van der Waals surface area contributed by atoms with E-state index in [4.69, 9.17) is 0 Å². The number of anilines is 1. The van der Waals surface area contributed by atoms with Crippen molar-refractivity contribution in [2.24, 2.45) is 0 Å². The average Bonchev–Trinajstić information content (AvgIpc) is 2.82. The molecule has 1 aliphatic heterocycles. The van der Waals surface area contributed by atoms with Gasteiger partial charge in [0.05, 0.1) is 23.3 Å². The first-order valence-corrected chi connectivity index (χ1v) is 4.83. The molecule has 1 N–H and O–H groups in total. The van der Waals surface area contributed by atoms with Crippen LogP contribution in [0, 0.1) is 0 Å². The second-order valence-corrected chi connectivity index (χ2v) is 3.37. The molecule has 4 heteroatoms. The lowest BCUT2D eigenvalue weighted by atomic mass is 10.2. The Hall–Kier alpha value is -2.10. The second kappa shape index (κ2) is 3.24. The first kappa shape index (κ1) is 8.23. The maximum absolute atomic E-state index is 4.28. The van der Waals surface area contributed by atoms with E-state index in [1.165, 1.54) is 0 Å². The summed E-state index contributed by atoms with van der Waals surface area (Å²) in [5.74, 6) is 0. The molecule has 15 heavy (non-hydrogen) atoms. The molecule has 1 aromatic carbocycles. The quantitative estimate of drug-likeness (QED) is 0.753. The van der Waals surface area contributed by atoms with Crippen LogP contribution in [0.1, 0.15) is 0 Å². The topological polar surface area (TPSA) is 41.0 Å². The van der Waals surface area contributed by atoms with Crippen LogP contribution in [0.5, 0.6) is 0 Å². The van der Waals surface area contributed by atoms with Gasteiger partial charge in [0.1, 0.15) is 0 Å². The van der Waals surface area contributed by atoms with Crippen LogP contribution in [0.2, 0.25) is 0 Å². The van der Waals surface area contributed by atoms with Crippen LogP contribution in [-0.2, 0) is 0 Å². The maximum Gasteiger partial charge on any atom is 0.0908 e. The summed E-state index contributed by atoms with van der Waals surface area (Å²) in [5.41, 5.74) is 6.09. The number of hydrogen-bond donors (Lipinski definition) is 1. The number of rotatable bonds is 1. The summed E-state index contributed by atoms with van der Waals surface area (Å²) in [6.07, 6.45) is 7.42. The molecule has 0 saturated heterocycles. The smallest absolute Gasteiger partial charge is 0.0908 e. The third kappa shape index (κ3) is 1.40. The highest BCUT2D eigenvalue weighted by Gasteiger charge is 2.07. The van der Waals surface area contributed by atoms with E-state index < -0.39 is 0 Å². The molecule has 0 unspecified atom stereocenters. The van der Waals surface area contributed by atoms with E-state index in [0.717, 1.165) is 23.3 Å². The zero-order chi connectivity index (χ0) is 10.1. The Balaban J connectivity index is 2.06. The van der Waals surface area contributed by atoms with Crippen LogP contribution >= 0.6 is 0 Å². The highest BCUT2D eigenvalue weighted by atomic mass is 15.5. The highest BCUT2D eigenvalue weighted by Crippen LogP contribution is 2.19. The Kier molecular flexibility index (Phi) is 1.78. The van der Waals surface area contributed by atoms with Crippen LogP contribution in [0.25, 0.3) is 11.0 Å². The largest absolute Gasteiger partial charge is 0.306 e. The minimum Gasteiger partial charge on any atom is -0.306 e. The predicted molar refractivity (Wildman–Crippen MR) is 59.2 cm³/mol. The highest BCUT2D eigenvalue weighted by molar-refractivity contribution is 5.78. The van der Waals surface area contributed by atoms with E-state index in [2.05, 4.69) is 21.5 Å². The molecule has 0 bridgehead atoms. The van der Waals surface area contributed by atoms with Crippen LogP contribution < -0.4 is 10.4 Å². The monoisotopic (exact) mass is 198 g/mol.